The number of thiazole rings is 1. The van der Waals surface area contributed by atoms with Crippen LogP contribution < -0.4 is 9.47 Å². The van der Waals surface area contributed by atoms with Crippen LogP contribution in [0, 0.1) is 0 Å². The molecule has 23 heavy (non-hydrogen) atoms. The number of hydrogen-bond acceptors (Lipinski definition) is 6. The third-order valence-electron chi connectivity index (χ3n) is 3.27. The van der Waals surface area contributed by atoms with Crippen LogP contribution in [0.15, 0.2) is 46.4 Å². The zero-order valence-corrected chi connectivity index (χ0v) is 14.6. The van der Waals surface area contributed by atoms with Gasteiger partial charge in [-0.2, -0.15) is 0 Å². The molecule has 0 N–H and O–H groups in total. The number of benzene rings is 1. The minimum Gasteiger partial charge on any atom is -0.497 e. The van der Waals surface area contributed by atoms with Crippen LogP contribution in [0.25, 0.3) is 10.6 Å². The van der Waals surface area contributed by atoms with E-state index in [1.807, 2.05) is 30.3 Å². The molecule has 3 aromatic rings. The summed E-state index contributed by atoms with van der Waals surface area (Å²) in [6.07, 6.45) is 1.70. The standard InChI is InChI=1S/C17H17NO3S2/c1-19-13-5-6-15(16(8-13)20-2)17-18-12(10-23-17)9-22-11-14-4-3-7-21-14/h3-8,10H,9,11H2,1-2H3. The topological polar surface area (TPSA) is 44.5 Å². The van der Waals surface area contributed by atoms with Gasteiger partial charge in [-0.05, 0) is 24.3 Å². The van der Waals surface area contributed by atoms with E-state index in [1.54, 1.807) is 43.6 Å². The molecular weight excluding hydrogens is 330 g/mol. The number of nitrogens with zero attached hydrogens (tertiary/aromatic N) is 1. The summed E-state index contributed by atoms with van der Waals surface area (Å²) in [4.78, 5) is 4.71. The number of thioether (sulfide) groups is 1. The molecule has 120 valence electrons. The van der Waals surface area contributed by atoms with Crippen LogP contribution in [-0.4, -0.2) is 19.2 Å². The lowest BCUT2D eigenvalue weighted by Gasteiger charge is -2.08. The quantitative estimate of drug-likeness (QED) is 0.611. The fourth-order valence-electron chi connectivity index (χ4n) is 2.12. The SMILES string of the molecule is COc1ccc(-c2nc(CSCc3ccco3)cs2)c(OC)c1. The first kappa shape index (κ1) is 16.0. The molecule has 3 rings (SSSR count). The Kier molecular flexibility index (Phi) is 5.25. The number of methoxy groups -OCH3 is 2. The van der Waals surface area contributed by atoms with Crippen LogP contribution in [0.2, 0.25) is 0 Å². The van der Waals surface area contributed by atoms with Crippen LogP contribution in [-0.2, 0) is 11.5 Å². The number of aromatic nitrogens is 1. The minimum absolute atomic E-state index is 0.772. The summed E-state index contributed by atoms with van der Waals surface area (Å²) in [5.41, 5.74) is 2.06. The largest absolute Gasteiger partial charge is 0.497 e. The van der Waals surface area contributed by atoms with Crippen molar-refractivity contribution in [3.63, 3.8) is 0 Å². The zero-order chi connectivity index (χ0) is 16.1. The number of ether oxygens (including phenoxy) is 2. The summed E-state index contributed by atoms with van der Waals surface area (Å²) < 4.78 is 16.0. The van der Waals surface area contributed by atoms with Gasteiger partial charge in [0, 0.05) is 17.2 Å². The summed E-state index contributed by atoms with van der Waals surface area (Å²) in [6, 6.07) is 9.68. The highest BCUT2D eigenvalue weighted by Gasteiger charge is 2.11. The van der Waals surface area contributed by atoms with Gasteiger partial charge < -0.3 is 13.9 Å². The summed E-state index contributed by atoms with van der Waals surface area (Å²) in [5, 5.41) is 3.05. The van der Waals surface area contributed by atoms with Gasteiger partial charge in [0.25, 0.3) is 0 Å². The van der Waals surface area contributed by atoms with E-state index >= 15 is 0 Å². The van der Waals surface area contributed by atoms with Crippen LogP contribution >= 0.6 is 23.1 Å². The molecule has 0 aliphatic carbocycles. The highest BCUT2D eigenvalue weighted by atomic mass is 32.2. The van der Waals surface area contributed by atoms with E-state index in [0.29, 0.717) is 0 Å². The van der Waals surface area contributed by atoms with Crippen molar-refractivity contribution in [2.24, 2.45) is 0 Å². The Morgan fingerprint density at radius 1 is 1.17 bits per heavy atom. The highest BCUT2D eigenvalue weighted by Crippen LogP contribution is 2.35. The molecule has 4 nitrogen and oxygen atoms in total. The molecule has 0 radical (unpaired) electrons. The summed E-state index contributed by atoms with van der Waals surface area (Å²) >= 11 is 3.41. The maximum absolute atomic E-state index is 5.45. The van der Waals surface area contributed by atoms with Crippen molar-refractivity contribution in [2.75, 3.05) is 14.2 Å². The van der Waals surface area contributed by atoms with E-state index in [0.717, 1.165) is 45.0 Å². The molecule has 0 saturated heterocycles. The molecule has 0 atom stereocenters. The van der Waals surface area contributed by atoms with Crippen molar-refractivity contribution in [3.8, 4) is 22.1 Å². The summed E-state index contributed by atoms with van der Waals surface area (Å²) in [6.45, 7) is 0. The lowest BCUT2D eigenvalue weighted by Crippen LogP contribution is -1.90. The van der Waals surface area contributed by atoms with E-state index in [9.17, 15) is 0 Å². The van der Waals surface area contributed by atoms with Gasteiger partial charge in [-0.25, -0.2) is 4.98 Å². The molecule has 0 fully saturated rings. The average Bonchev–Trinajstić information content (AvgIpc) is 3.26. The van der Waals surface area contributed by atoms with Crippen molar-refractivity contribution < 1.29 is 13.9 Å². The lowest BCUT2D eigenvalue weighted by molar-refractivity contribution is 0.395. The van der Waals surface area contributed by atoms with Gasteiger partial charge in [-0.3, -0.25) is 0 Å². The maximum Gasteiger partial charge on any atom is 0.132 e. The number of furan rings is 1. The lowest BCUT2D eigenvalue weighted by atomic mass is 10.2. The fourth-order valence-corrected chi connectivity index (χ4v) is 3.90. The Balaban J connectivity index is 1.69. The van der Waals surface area contributed by atoms with Gasteiger partial charge in [-0.1, -0.05) is 0 Å². The van der Waals surface area contributed by atoms with E-state index in [1.165, 1.54) is 0 Å². The van der Waals surface area contributed by atoms with Gasteiger partial charge in [0.2, 0.25) is 0 Å². The summed E-state index contributed by atoms with van der Waals surface area (Å²) in [5.74, 6) is 4.24. The molecule has 0 unspecified atom stereocenters. The first-order valence-corrected chi connectivity index (χ1v) is 9.10. The maximum atomic E-state index is 5.45. The molecule has 0 amide bonds. The van der Waals surface area contributed by atoms with Crippen LogP contribution in [0.5, 0.6) is 11.5 Å². The third kappa shape index (κ3) is 3.89. The third-order valence-corrected chi connectivity index (χ3v) is 5.18. The van der Waals surface area contributed by atoms with Gasteiger partial charge in [0.1, 0.15) is 22.3 Å². The first-order valence-electron chi connectivity index (χ1n) is 7.07. The molecule has 1 aromatic carbocycles. The van der Waals surface area contributed by atoms with Crippen LogP contribution in [0.3, 0.4) is 0 Å². The van der Waals surface area contributed by atoms with Gasteiger partial charge >= 0.3 is 0 Å². The van der Waals surface area contributed by atoms with Crippen LogP contribution in [0.4, 0.5) is 0 Å². The second kappa shape index (κ2) is 7.57. The predicted molar refractivity (Wildman–Crippen MR) is 94.4 cm³/mol. The Morgan fingerprint density at radius 2 is 2.09 bits per heavy atom. The Hall–Kier alpha value is -1.92. The van der Waals surface area contributed by atoms with Crippen molar-refractivity contribution in [1.82, 2.24) is 4.98 Å². The van der Waals surface area contributed by atoms with E-state index in [-0.39, 0.29) is 0 Å². The highest BCUT2D eigenvalue weighted by molar-refractivity contribution is 7.97. The molecule has 0 saturated carbocycles. The Labute approximate surface area is 143 Å². The number of rotatable bonds is 7. The molecule has 0 bridgehead atoms. The fraction of sp³-hybridized carbons (Fsp3) is 0.235. The predicted octanol–water partition coefficient (Wildman–Crippen LogP) is 4.85. The van der Waals surface area contributed by atoms with Gasteiger partial charge in [0.15, 0.2) is 0 Å². The van der Waals surface area contributed by atoms with Gasteiger partial charge in [0.05, 0.1) is 37.5 Å². The van der Waals surface area contributed by atoms with Crippen molar-refractivity contribution in [2.45, 2.75) is 11.5 Å². The zero-order valence-electron chi connectivity index (χ0n) is 12.9. The van der Waals surface area contributed by atoms with Crippen LogP contribution in [0.1, 0.15) is 11.5 Å². The normalized spacial score (nSPS) is 10.7. The Morgan fingerprint density at radius 3 is 2.83 bits per heavy atom. The Bertz CT molecular complexity index is 753. The smallest absolute Gasteiger partial charge is 0.132 e. The van der Waals surface area contributed by atoms with Crippen molar-refractivity contribution in [3.05, 3.63) is 53.4 Å². The second-order valence-corrected chi connectivity index (χ2v) is 6.63. The second-order valence-electron chi connectivity index (χ2n) is 4.78. The monoisotopic (exact) mass is 347 g/mol. The van der Waals surface area contributed by atoms with Crippen molar-refractivity contribution in [1.29, 1.82) is 0 Å². The summed E-state index contributed by atoms with van der Waals surface area (Å²) in [7, 11) is 3.30. The molecule has 0 aliphatic heterocycles. The molecule has 0 spiro atoms. The van der Waals surface area contributed by atoms with E-state index in [2.05, 4.69) is 5.38 Å². The van der Waals surface area contributed by atoms with Gasteiger partial charge in [-0.15, -0.1) is 23.1 Å². The minimum atomic E-state index is 0.772. The first-order chi connectivity index (χ1) is 11.3. The molecule has 2 heterocycles. The molecule has 6 heteroatoms. The molecule has 2 aromatic heterocycles. The van der Waals surface area contributed by atoms with E-state index in [4.69, 9.17) is 18.9 Å². The average molecular weight is 347 g/mol. The molecule has 0 aliphatic rings. The molecular formula is C17H17NO3S2. The van der Waals surface area contributed by atoms with E-state index < -0.39 is 0 Å². The van der Waals surface area contributed by atoms with Crippen molar-refractivity contribution >= 4 is 23.1 Å². The number of hydrogen-bond donors (Lipinski definition) is 0.